The molecule has 1 aromatic rings. The van der Waals surface area contributed by atoms with Gasteiger partial charge in [-0.25, -0.2) is 0 Å². The van der Waals surface area contributed by atoms with E-state index in [0.717, 1.165) is 24.4 Å². The third kappa shape index (κ3) is 3.04. The van der Waals surface area contributed by atoms with Crippen LogP contribution >= 0.6 is 11.3 Å². The molecule has 0 bridgehead atoms. The Labute approximate surface area is 121 Å². The van der Waals surface area contributed by atoms with E-state index in [-0.39, 0.29) is 0 Å². The molecule has 2 nitrogen and oxygen atoms in total. The van der Waals surface area contributed by atoms with Crippen LogP contribution in [0.3, 0.4) is 0 Å². The van der Waals surface area contributed by atoms with Gasteiger partial charge in [0, 0.05) is 36.6 Å². The van der Waals surface area contributed by atoms with Gasteiger partial charge in [-0.1, -0.05) is 13.8 Å². The fourth-order valence-electron chi connectivity index (χ4n) is 3.26. The SMILES string of the molecule is Cc1ccsc1CN1CC(C2CC2)NCC1C(C)C. The van der Waals surface area contributed by atoms with Gasteiger partial charge in [-0.05, 0) is 48.6 Å². The van der Waals surface area contributed by atoms with Crippen LogP contribution in [0, 0.1) is 18.8 Å². The summed E-state index contributed by atoms with van der Waals surface area (Å²) < 4.78 is 0. The van der Waals surface area contributed by atoms with E-state index in [9.17, 15) is 0 Å². The minimum Gasteiger partial charge on any atom is -0.311 e. The van der Waals surface area contributed by atoms with E-state index in [1.165, 1.54) is 31.5 Å². The normalized spacial score (nSPS) is 29.1. The molecule has 1 N–H and O–H groups in total. The second kappa shape index (κ2) is 5.55. The summed E-state index contributed by atoms with van der Waals surface area (Å²) in [6.07, 6.45) is 2.88. The lowest BCUT2D eigenvalue weighted by Crippen LogP contribution is -2.58. The number of hydrogen-bond donors (Lipinski definition) is 1. The Bertz CT molecular complexity index is 422. The van der Waals surface area contributed by atoms with Crippen molar-refractivity contribution in [2.24, 2.45) is 11.8 Å². The average Bonchev–Trinajstić information content (AvgIpc) is 3.15. The smallest absolute Gasteiger partial charge is 0.0334 e. The van der Waals surface area contributed by atoms with E-state index >= 15 is 0 Å². The van der Waals surface area contributed by atoms with E-state index in [2.05, 4.69) is 42.4 Å². The van der Waals surface area contributed by atoms with Gasteiger partial charge in [0.05, 0.1) is 0 Å². The first kappa shape index (κ1) is 13.6. The predicted octanol–water partition coefficient (Wildman–Crippen LogP) is 3.26. The number of hydrogen-bond acceptors (Lipinski definition) is 3. The van der Waals surface area contributed by atoms with Crippen molar-refractivity contribution in [1.29, 1.82) is 0 Å². The van der Waals surface area contributed by atoms with Gasteiger partial charge in [0.25, 0.3) is 0 Å². The van der Waals surface area contributed by atoms with Gasteiger partial charge in [-0.3, -0.25) is 4.90 Å². The van der Waals surface area contributed by atoms with Crippen LogP contribution in [0.1, 0.15) is 37.1 Å². The predicted molar refractivity (Wildman–Crippen MR) is 82.6 cm³/mol. The molecule has 0 spiro atoms. The van der Waals surface area contributed by atoms with Gasteiger partial charge >= 0.3 is 0 Å². The van der Waals surface area contributed by atoms with Crippen molar-refractivity contribution in [1.82, 2.24) is 10.2 Å². The zero-order valence-electron chi connectivity index (χ0n) is 12.4. The molecule has 0 radical (unpaired) electrons. The number of nitrogens with zero attached hydrogens (tertiary/aromatic N) is 1. The van der Waals surface area contributed by atoms with Crippen molar-refractivity contribution >= 4 is 11.3 Å². The number of aryl methyl sites for hydroxylation is 1. The third-order valence-corrected chi connectivity index (χ3v) is 5.77. The summed E-state index contributed by atoms with van der Waals surface area (Å²) in [4.78, 5) is 4.30. The molecule has 2 fully saturated rings. The molecule has 1 saturated carbocycles. The Morgan fingerprint density at radius 1 is 1.42 bits per heavy atom. The Balaban J connectivity index is 1.71. The zero-order chi connectivity index (χ0) is 13.4. The largest absolute Gasteiger partial charge is 0.311 e. The monoisotopic (exact) mass is 278 g/mol. The summed E-state index contributed by atoms with van der Waals surface area (Å²) in [7, 11) is 0. The van der Waals surface area contributed by atoms with Crippen LogP contribution in [0.15, 0.2) is 11.4 Å². The van der Waals surface area contributed by atoms with E-state index < -0.39 is 0 Å². The van der Waals surface area contributed by atoms with Gasteiger partial charge in [0.1, 0.15) is 0 Å². The second-order valence-electron chi connectivity index (χ2n) is 6.62. The van der Waals surface area contributed by atoms with Crippen molar-refractivity contribution in [3.05, 3.63) is 21.9 Å². The Morgan fingerprint density at radius 2 is 2.21 bits per heavy atom. The molecule has 1 aliphatic heterocycles. The molecular formula is C16H26N2S. The summed E-state index contributed by atoms with van der Waals surface area (Å²) in [5.41, 5.74) is 1.47. The van der Waals surface area contributed by atoms with Crippen LogP contribution in [-0.4, -0.2) is 30.1 Å². The van der Waals surface area contributed by atoms with Crippen LogP contribution in [-0.2, 0) is 6.54 Å². The Morgan fingerprint density at radius 3 is 2.79 bits per heavy atom. The van der Waals surface area contributed by atoms with Gasteiger partial charge in [-0.15, -0.1) is 11.3 Å². The maximum atomic E-state index is 3.80. The summed E-state index contributed by atoms with van der Waals surface area (Å²) in [5.74, 6) is 1.69. The van der Waals surface area contributed by atoms with E-state index in [4.69, 9.17) is 0 Å². The Hall–Kier alpha value is -0.380. The van der Waals surface area contributed by atoms with Crippen LogP contribution in [0.5, 0.6) is 0 Å². The molecule has 3 heteroatoms. The molecule has 3 rings (SSSR count). The fraction of sp³-hybridized carbons (Fsp3) is 0.750. The second-order valence-corrected chi connectivity index (χ2v) is 7.62. The van der Waals surface area contributed by atoms with Crippen molar-refractivity contribution in [2.45, 2.75) is 52.2 Å². The molecule has 0 aromatic carbocycles. The molecule has 106 valence electrons. The van der Waals surface area contributed by atoms with Crippen LogP contribution < -0.4 is 5.32 Å². The number of piperazine rings is 1. The van der Waals surface area contributed by atoms with Gasteiger partial charge in [-0.2, -0.15) is 0 Å². The molecule has 2 atom stereocenters. The molecule has 0 amide bonds. The average molecular weight is 278 g/mol. The molecule has 1 aliphatic carbocycles. The number of rotatable bonds is 4. The number of nitrogens with one attached hydrogen (secondary N) is 1. The summed E-state index contributed by atoms with van der Waals surface area (Å²) in [6.45, 7) is 10.5. The van der Waals surface area contributed by atoms with Crippen molar-refractivity contribution in [3.8, 4) is 0 Å². The highest BCUT2D eigenvalue weighted by Gasteiger charge is 2.37. The zero-order valence-corrected chi connectivity index (χ0v) is 13.2. The first-order valence-electron chi connectivity index (χ1n) is 7.65. The Kier molecular flexibility index (Phi) is 3.97. The van der Waals surface area contributed by atoms with E-state index in [1.54, 1.807) is 4.88 Å². The number of thiophene rings is 1. The molecule has 1 saturated heterocycles. The molecule has 19 heavy (non-hydrogen) atoms. The van der Waals surface area contributed by atoms with Crippen molar-refractivity contribution in [2.75, 3.05) is 13.1 Å². The van der Waals surface area contributed by atoms with Gasteiger partial charge in [0.2, 0.25) is 0 Å². The van der Waals surface area contributed by atoms with Gasteiger partial charge in [0.15, 0.2) is 0 Å². The topological polar surface area (TPSA) is 15.3 Å². The molecule has 2 unspecified atom stereocenters. The van der Waals surface area contributed by atoms with Crippen molar-refractivity contribution < 1.29 is 0 Å². The minimum absolute atomic E-state index is 0.691. The summed E-state index contributed by atoms with van der Waals surface area (Å²) >= 11 is 1.92. The fourth-order valence-corrected chi connectivity index (χ4v) is 4.19. The molecular weight excluding hydrogens is 252 g/mol. The molecule has 2 heterocycles. The van der Waals surface area contributed by atoms with Crippen LogP contribution in [0.2, 0.25) is 0 Å². The van der Waals surface area contributed by atoms with Gasteiger partial charge < -0.3 is 5.32 Å². The maximum absolute atomic E-state index is 3.80. The lowest BCUT2D eigenvalue weighted by Gasteiger charge is -2.42. The molecule has 2 aliphatic rings. The van der Waals surface area contributed by atoms with E-state index in [1.807, 2.05) is 11.3 Å². The lowest BCUT2D eigenvalue weighted by atomic mass is 9.96. The summed E-state index contributed by atoms with van der Waals surface area (Å²) in [6, 6.07) is 3.69. The standard InChI is InChI=1S/C16H26N2S/c1-11(2)15-8-17-14(13-4-5-13)9-18(15)10-16-12(3)6-7-19-16/h6-7,11,13-15,17H,4-5,8-10H2,1-3H3. The van der Waals surface area contributed by atoms with Crippen LogP contribution in [0.4, 0.5) is 0 Å². The summed E-state index contributed by atoms with van der Waals surface area (Å²) in [5, 5.41) is 6.03. The first-order valence-corrected chi connectivity index (χ1v) is 8.53. The molecule has 1 aromatic heterocycles. The maximum Gasteiger partial charge on any atom is 0.0334 e. The van der Waals surface area contributed by atoms with E-state index in [0.29, 0.717) is 6.04 Å². The quantitative estimate of drug-likeness (QED) is 0.909. The third-order valence-electron chi connectivity index (χ3n) is 4.76. The lowest BCUT2D eigenvalue weighted by molar-refractivity contribution is 0.0860. The highest BCUT2D eigenvalue weighted by Crippen LogP contribution is 2.35. The highest BCUT2D eigenvalue weighted by molar-refractivity contribution is 7.10. The first-order chi connectivity index (χ1) is 9.15. The van der Waals surface area contributed by atoms with Crippen molar-refractivity contribution in [3.63, 3.8) is 0 Å². The highest BCUT2D eigenvalue weighted by atomic mass is 32.1. The minimum atomic E-state index is 0.691. The van der Waals surface area contributed by atoms with Crippen LogP contribution in [0.25, 0.3) is 0 Å².